The van der Waals surface area contributed by atoms with Gasteiger partial charge in [-0.25, -0.2) is 0 Å². The van der Waals surface area contributed by atoms with Gasteiger partial charge in [-0.15, -0.1) is 11.3 Å². The number of ether oxygens (including phenoxy) is 1. The van der Waals surface area contributed by atoms with Crippen LogP contribution in [0, 0.1) is 0 Å². The van der Waals surface area contributed by atoms with Crippen LogP contribution in [0.5, 0.6) is 5.75 Å². The highest BCUT2D eigenvalue weighted by Crippen LogP contribution is 2.30. The van der Waals surface area contributed by atoms with Crippen molar-refractivity contribution >= 4 is 22.9 Å². The Balaban J connectivity index is 1.47. The minimum absolute atomic E-state index is 0.0304. The number of rotatable bonds is 8. The molecule has 1 atom stereocenters. The summed E-state index contributed by atoms with van der Waals surface area (Å²) in [5.74, 6) is -0.389. The van der Waals surface area contributed by atoms with Gasteiger partial charge in [-0.1, -0.05) is 36.4 Å². The maximum Gasteiger partial charge on any atom is 0.387 e. The van der Waals surface area contributed by atoms with Gasteiger partial charge in [-0.05, 0) is 66.0 Å². The van der Waals surface area contributed by atoms with Gasteiger partial charge in [0.15, 0.2) is 0 Å². The SMILES string of the molecule is O=C(CN[C@H](c1ccc2c(c1)CCCC2)c1cccs1)Nc1ccccc1OC(F)F. The van der Waals surface area contributed by atoms with Crippen molar-refractivity contribution in [1.82, 2.24) is 5.32 Å². The fraction of sp³-hybridized carbons (Fsp3) is 0.292. The molecule has 2 N–H and O–H groups in total. The molecule has 0 saturated carbocycles. The van der Waals surface area contributed by atoms with Crippen molar-refractivity contribution in [3.63, 3.8) is 0 Å². The maximum absolute atomic E-state index is 12.6. The molecule has 1 heterocycles. The van der Waals surface area contributed by atoms with Crippen LogP contribution >= 0.6 is 11.3 Å². The first-order valence-electron chi connectivity index (χ1n) is 10.3. The number of hydrogen-bond donors (Lipinski definition) is 2. The monoisotopic (exact) mass is 442 g/mol. The van der Waals surface area contributed by atoms with Gasteiger partial charge in [-0.2, -0.15) is 8.78 Å². The summed E-state index contributed by atoms with van der Waals surface area (Å²) in [4.78, 5) is 13.7. The molecule has 1 amide bonds. The number of fused-ring (bicyclic) bond motifs is 1. The highest BCUT2D eigenvalue weighted by Gasteiger charge is 2.19. The molecule has 0 saturated heterocycles. The van der Waals surface area contributed by atoms with Crippen LogP contribution in [0.15, 0.2) is 60.0 Å². The van der Waals surface area contributed by atoms with E-state index in [1.807, 2.05) is 17.5 Å². The van der Waals surface area contributed by atoms with E-state index in [2.05, 4.69) is 33.6 Å². The zero-order chi connectivity index (χ0) is 21.6. The van der Waals surface area contributed by atoms with Crippen molar-refractivity contribution in [2.75, 3.05) is 11.9 Å². The molecular formula is C24H24F2N2O2S. The summed E-state index contributed by atoms with van der Waals surface area (Å²) in [6.45, 7) is -2.92. The number of hydrogen-bond acceptors (Lipinski definition) is 4. The average molecular weight is 443 g/mol. The van der Waals surface area contributed by atoms with Crippen LogP contribution in [-0.4, -0.2) is 19.1 Å². The summed E-state index contributed by atoms with van der Waals surface area (Å²) in [7, 11) is 0. The quantitative estimate of drug-likeness (QED) is 0.481. The summed E-state index contributed by atoms with van der Waals surface area (Å²) in [6, 6.07) is 16.7. The Bertz CT molecular complexity index is 1020. The first-order valence-corrected chi connectivity index (χ1v) is 11.2. The van der Waals surface area contributed by atoms with Crippen molar-refractivity contribution < 1.29 is 18.3 Å². The van der Waals surface area contributed by atoms with Gasteiger partial charge in [-0.3, -0.25) is 10.1 Å². The number of carbonyl (C=O) groups is 1. The van der Waals surface area contributed by atoms with E-state index in [9.17, 15) is 13.6 Å². The Hall–Kier alpha value is -2.77. The van der Waals surface area contributed by atoms with E-state index in [0.29, 0.717) is 0 Å². The molecule has 0 aliphatic heterocycles. The Labute approximate surface area is 184 Å². The van der Waals surface area contributed by atoms with Gasteiger partial charge in [0.1, 0.15) is 5.75 Å². The third-order valence-corrected chi connectivity index (χ3v) is 6.31. The number of amides is 1. The molecule has 1 aliphatic carbocycles. The Morgan fingerprint density at radius 2 is 1.84 bits per heavy atom. The molecule has 4 rings (SSSR count). The number of aryl methyl sites for hydroxylation is 2. The summed E-state index contributed by atoms with van der Waals surface area (Å²) in [6.07, 6.45) is 4.64. The standard InChI is InChI=1S/C24H24F2N2O2S/c25-24(26)30-20-9-4-3-8-19(20)28-22(29)15-27-23(21-10-5-13-31-21)18-12-11-16-6-1-2-7-17(16)14-18/h3-5,8-14,23-24,27H,1-2,6-7,15H2,(H,28,29)/t23-/m1/s1. The Kier molecular flexibility index (Phi) is 6.94. The predicted molar refractivity (Wildman–Crippen MR) is 119 cm³/mol. The van der Waals surface area contributed by atoms with Crippen LogP contribution in [0.25, 0.3) is 0 Å². The minimum atomic E-state index is -2.96. The zero-order valence-electron chi connectivity index (χ0n) is 16.9. The largest absolute Gasteiger partial charge is 0.433 e. The molecule has 2 aromatic carbocycles. The van der Waals surface area contributed by atoms with Gasteiger partial charge >= 0.3 is 6.61 Å². The topological polar surface area (TPSA) is 50.4 Å². The molecule has 1 aromatic heterocycles. The third kappa shape index (κ3) is 5.48. The first-order chi connectivity index (χ1) is 15.1. The number of alkyl halides is 2. The Morgan fingerprint density at radius 3 is 2.61 bits per heavy atom. The second-order valence-corrected chi connectivity index (χ2v) is 8.47. The maximum atomic E-state index is 12.6. The van der Waals surface area contributed by atoms with E-state index in [1.165, 1.54) is 36.1 Å². The van der Waals surface area contributed by atoms with Crippen LogP contribution in [-0.2, 0) is 17.6 Å². The van der Waals surface area contributed by atoms with Crippen molar-refractivity contribution in [2.24, 2.45) is 0 Å². The number of benzene rings is 2. The second-order valence-electron chi connectivity index (χ2n) is 7.49. The molecule has 7 heteroatoms. The van der Waals surface area contributed by atoms with Crippen molar-refractivity contribution in [2.45, 2.75) is 38.3 Å². The fourth-order valence-electron chi connectivity index (χ4n) is 3.93. The molecule has 1 aliphatic rings. The first kappa shape index (κ1) is 21.5. The number of para-hydroxylation sites is 2. The number of carbonyl (C=O) groups excluding carboxylic acids is 1. The summed E-state index contributed by atoms with van der Waals surface area (Å²) in [5, 5.41) is 8.01. The zero-order valence-corrected chi connectivity index (χ0v) is 17.8. The van der Waals surface area contributed by atoms with Crippen molar-refractivity contribution in [3.05, 3.63) is 81.5 Å². The van der Waals surface area contributed by atoms with Crippen LogP contribution in [0.4, 0.5) is 14.5 Å². The van der Waals surface area contributed by atoms with E-state index in [-0.39, 0.29) is 29.9 Å². The summed E-state index contributed by atoms with van der Waals surface area (Å²) < 4.78 is 29.7. The third-order valence-electron chi connectivity index (χ3n) is 5.38. The number of thiophene rings is 1. The summed E-state index contributed by atoms with van der Waals surface area (Å²) in [5.41, 5.74) is 4.14. The molecule has 31 heavy (non-hydrogen) atoms. The molecule has 3 aromatic rings. The van der Waals surface area contributed by atoms with E-state index >= 15 is 0 Å². The van der Waals surface area contributed by atoms with Crippen molar-refractivity contribution in [1.29, 1.82) is 0 Å². The molecule has 0 bridgehead atoms. The average Bonchev–Trinajstić information content (AvgIpc) is 3.29. The van der Waals surface area contributed by atoms with Crippen LogP contribution < -0.4 is 15.4 Å². The van der Waals surface area contributed by atoms with Gasteiger partial charge in [0, 0.05) is 4.88 Å². The number of anilines is 1. The van der Waals surface area contributed by atoms with Crippen molar-refractivity contribution in [3.8, 4) is 5.75 Å². The lowest BCUT2D eigenvalue weighted by Gasteiger charge is -2.22. The van der Waals surface area contributed by atoms with E-state index < -0.39 is 6.61 Å². The summed E-state index contributed by atoms with van der Waals surface area (Å²) >= 11 is 1.63. The van der Waals surface area contributed by atoms with E-state index in [4.69, 9.17) is 0 Å². The predicted octanol–water partition coefficient (Wildman–Crippen LogP) is 5.55. The lowest BCUT2D eigenvalue weighted by Crippen LogP contribution is -2.31. The molecule has 162 valence electrons. The molecular weight excluding hydrogens is 418 g/mol. The van der Waals surface area contributed by atoms with Gasteiger partial charge in [0.2, 0.25) is 5.91 Å². The highest BCUT2D eigenvalue weighted by molar-refractivity contribution is 7.10. The molecule has 0 spiro atoms. The van der Waals surface area contributed by atoms with Gasteiger partial charge in [0.25, 0.3) is 0 Å². The second kappa shape index (κ2) is 10.0. The fourth-order valence-corrected chi connectivity index (χ4v) is 4.76. The van der Waals surface area contributed by atoms with Crippen LogP contribution in [0.1, 0.15) is 40.5 Å². The van der Waals surface area contributed by atoms with Crippen LogP contribution in [0.3, 0.4) is 0 Å². The lowest BCUT2D eigenvalue weighted by atomic mass is 9.89. The van der Waals surface area contributed by atoms with Gasteiger partial charge < -0.3 is 10.1 Å². The lowest BCUT2D eigenvalue weighted by molar-refractivity contribution is -0.115. The number of halogens is 2. The minimum Gasteiger partial charge on any atom is -0.433 e. The molecule has 4 nitrogen and oxygen atoms in total. The van der Waals surface area contributed by atoms with E-state index in [0.717, 1.165) is 23.3 Å². The number of nitrogens with one attached hydrogen (secondary N) is 2. The van der Waals surface area contributed by atoms with E-state index in [1.54, 1.807) is 23.5 Å². The smallest absolute Gasteiger partial charge is 0.387 e. The molecule has 0 fully saturated rings. The molecule has 0 radical (unpaired) electrons. The molecule has 0 unspecified atom stereocenters. The highest BCUT2D eigenvalue weighted by atomic mass is 32.1. The normalized spacial score (nSPS) is 14.2. The Morgan fingerprint density at radius 1 is 1.03 bits per heavy atom. The van der Waals surface area contributed by atoms with Gasteiger partial charge in [0.05, 0.1) is 18.3 Å². The van der Waals surface area contributed by atoms with Crippen LogP contribution in [0.2, 0.25) is 0 Å².